The molecule has 0 radical (unpaired) electrons. The second kappa shape index (κ2) is 9.85. The van der Waals surface area contributed by atoms with Crippen LogP contribution < -0.4 is 11.1 Å². The lowest BCUT2D eigenvalue weighted by Crippen LogP contribution is -2.56. The van der Waals surface area contributed by atoms with Crippen LogP contribution in [0.5, 0.6) is 0 Å². The van der Waals surface area contributed by atoms with E-state index in [-0.39, 0.29) is 17.7 Å². The van der Waals surface area contributed by atoms with E-state index < -0.39 is 6.04 Å². The summed E-state index contributed by atoms with van der Waals surface area (Å²) in [5.41, 5.74) is 6.23. The molecule has 1 aliphatic carbocycles. The summed E-state index contributed by atoms with van der Waals surface area (Å²) in [5, 5.41) is 3.19. The molecule has 27 heavy (non-hydrogen) atoms. The van der Waals surface area contributed by atoms with Crippen LogP contribution in [0, 0.1) is 11.8 Å². The number of piperazine rings is 1. The number of hydrogen-bond donors (Lipinski definition) is 2. The standard InChI is InChI=1S/C20H36N4O3/c1-15-2-4-17(5-3-15)22-18(25)14-23-8-10-24(11-9-23)20(26)19(21)16-6-12-27-13-7-16/h15-17,19H,2-14,21H2,1H3,(H,22,25). The number of carbonyl (C=O) groups is 2. The smallest absolute Gasteiger partial charge is 0.239 e. The van der Waals surface area contributed by atoms with Crippen molar-refractivity contribution in [1.29, 1.82) is 0 Å². The average molecular weight is 381 g/mol. The molecule has 7 heteroatoms. The lowest BCUT2D eigenvalue weighted by atomic mass is 9.87. The summed E-state index contributed by atoms with van der Waals surface area (Å²) in [5.74, 6) is 1.19. The molecule has 1 atom stereocenters. The first-order valence-corrected chi connectivity index (χ1v) is 10.7. The van der Waals surface area contributed by atoms with Crippen molar-refractivity contribution in [1.82, 2.24) is 15.1 Å². The van der Waals surface area contributed by atoms with Crippen molar-refractivity contribution in [2.24, 2.45) is 17.6 Å². The minimum Gasteiger partial charge on any atom is -0.381 e. The van der Waals surface area contributed by atoms with Crippen molar-refractivity contribution in [3.05, 3.63) is 0 Å². The zero-order valence-electron chi connectivity index (χ0n) is 16.7. The monoisotopic (exact) mass is 380 g/mol. The van der Waals surface area contributed by atoms with Crippen LogP contribution in [-0.2, 0) is 14.3 Å². The van der Waals surface area contributed by atoms with E-state index in [9.17, 15) is 9.59 Å². The van der Waals surface area contributed by atoms with Gasteiger partial charge in [0.05, 0.1) is 12.6 Å². The average Bonchev–Trinajstić information content (AvgIpc) is 2.70. The Morgan fingerprint density at radius 3 is 2.30 bits per heavy atom. The van der Waals surface area contributed by atoms with Crippen molar-refractivity contribution in [3.63, 3.8) is 0 Å². The van der Waals surface area contributed by atoms with Gasteiger partial charge in [0, 0.05) is 45.4 Å². The van der Waals surface area contributed by atoms with E-state index in [0.29, 0.717) is 38.9 Å². The van der Waals surface area contributed by atoms with E-state index in [1.807, 2.05) is 4.90 Å². The maximum Gasteiger partial charge on any atom is 0.239 e. The van der Waals surface area contributed by atoms with E-state index in [0.717, 1.165) is 44.7 Å². The van der Waals surface area contributed by atoms with Crippen molar-refractivity contribution < 1.29 is 14.3 Å². The largest absolute Gasteiger partial charge is 0.381 e. The van der Waals surface area contributed by atoms with E-state index >= 15 is 0 Å². The molecular weight excluding hydrogens is 344 g/mol. The summed E-state index contributed by atoms with van der Waals surface area (Å²) in [7, 11) is 0. The van der Waals surface area contributed by atoms with Gasteiger partial charge in [-0.05, 0) is 50.4 Å². The summed E-state index contributed by atoms with van der Waals surface area (Å²) < 4.78 is 5.36. The lowest BCUT2D eigenvalue weighted by Gasteiger charge is -2.37. The SMILES string of the molecule is CC1CCC(NC(=O)CN2CCN(C(=O)C(N)C3CCOCC3)CC2)CC1. The van der Waals surface area contributed by atoms with Gasteiger partial charge in [-0.2, -0.15) is 0 Å². The van der Waals surface area contributed by atoms with Crippen molar-refractivity contribution in [3.8, 4) is 0 Å². The Bertz CT molecular complexity index is 493. The molecule has 0 aromatic heterocycles. The predicted molar refractivity (Wildman–Crippen MR) is 104 cm³/mol. The second-order valence-electron chi connectivity index (χ2n) is 8.60. The molecule has 1 saturated carbocycles. The van der Waals surface area contributed by atoms with Gasteiger partial charge in [0.15, 0.2) is 0 Å². The first-order chi connectivity index (χ1) is 13.0. The van der Waals surface area contributed by atoms with Gasteiger partial charge in [0.2, 0.25) is 11.8 Å². The molecular formula is C20H36N4O3. The summed E-state index contributed by atoms with van der Waals surface area (Å²) in [4.78, 5) is 29.0. The molecule has 2 amide bonds. The van der Waals surface area contributed by atoms with Crippen LogP contribution in [0.2, 0.25) is 0 Å². The van der Waals surface area contributed by atoms with E-state index in [1.165, 1.54) is 12.8 Å². The van der Waals surface area contributed by atoms with E-state index in [2.05, 4.69) is 17.1 Å². The third-order valence-corrected chi connectivity index (χ3v) is 6.49. The summed E-state index contributed by atoms with van der Waals surface area (Å²) in [6, 6.07) is -0.0773. The van der Waals surface area contributed by atoms with Gasteiger partial charge in [0.1, 0.15) is 0 Å². The highest BCUT2D eigenvalue weighted by molar-refractivity contribution is 5.82. The third kappa shape index (κ3) is 5.90. The van der Waals surface area contributed by atoms with Crippen molar-refractivity contribution in [2.75, 3.05) is 45.9 Å². The van der Waals surface area contributed by atoms with Crippen molar-refractivity contribution in [2.45, 2.75) is 57.5 Å². The minimum atomic E-state index is -0.419. The zero-order chi connectivity index (χ0) is 19.2. The number of amides is 2. The van der Waals surface area contributed by atoms with Crippen LogP contribution in [0.15, 0.2) is 0 Å². The Labute approximate surface area is 163 Å². The van der Waals surface area contributed by atoms with Gasteiger partial charge in [-0.3, -0.25) is 14.5 Å². The van der Waals surface area contributed by atoms with E-state index in [4.69, 9.17) is 10.5 Å². The van der Waals surface area contributed by atoms with Crippen LogP contribution in [-0.4, -0.2) is 79.6 Å². The molecule has 0 aromatic rings. The van der Waals surface area contributed by atoms with Gasteiger partial charge in [0.25, 0.3) is 0 Å². The van der Waals surface area contributed by atoms with Gasteiger partial charge in [-0.1, -0.05) is 6.92 Å². The molecule has 3 rings (SSSR count). The molecule has 3 aliphatic rings. The Hall–Kier alpha value is -1.18. The number of nitrogens with two attached hydrogens (primary N) is 1. The topological polar surface area (TPSA) is 87.9 Å². The third-order valence-electron chi connectivity index (χ3n) is 6.49. The second-order valence-corrected chi connectivity index (χ2v) is 8.60. The Morgan fingerprint density at radius 2 is 1.67 bits per heavy atom. The molecule has 0 spiro atoms. The fourth-order valence-electron chi connectivity index (χ4n) is 4.49. The van der Waals surface area contributed by atoms with Gasteiger partial charge in [-0.25, -0.2) is 0 Å². The minimum absolute atomic E-state index is 0.0577. The fraction of sp³-hybridized carbons (Fsp3) is 0.900. The molecule has 2 heterocycles. The molecule has 2 saturated heterocycles. The Morgan fingerprint density at radius 1 is 1.04 bits per heavy atom. The lowest BCUT2D eigenvalue weighted by molar-refractivity contribution is -0.136. The molecule has 3 fully saturated rings. The molecule has 0 bridgehead atoms. The number of ether oxygens (including phenoxy) is 1. The van der Waals surface area contributed by atoms with Gasteiger partial charge < -0.3 is 20.7 Å². The highest BCUT2D eigenvalue weighted by Crippen LogP contribution is 2.23. The number of carbonyl (C=O) groups excluding carboxylic acids is 2. The van der Waals surface area contributed by atoms with Crippen LogP contribution in [0.25, 0.3) is 0 Å². The number of hydrogen-bond acceptors (Lipinski definition) is 5. The molecule has 3 N–H and O–H groups in total. The normalized spacial score (nSPS) is 29.3. The zero-order valence-corrected chi connectivity index (χ0v) is 16.7. The highest BCUT2D eigenvalue weighted by atomic mass is 16.5. The molecule has 0 aromatic carbocycles. The predicted octanol–water partition coefficient (Wildman–Crippen LogP) is 0.579. The van der Waals surface area contributed by atoms with Gasteiger partial charge in [-0.15, -0.1) is 0 Å². The van der Waals surface area contributed by atoms with Gasteiger partial charge >= 0.3 is 0 Å². The highest BCUT2D eigenvalue weighted by Gasteiger charge is 2.32. The first-order valence-electron chi connectivity index (χ1n) is 10.7. The van der Waals surface area contributed by atoms with Crippen LogP contribution in [0.1, 0.15) is 45.4 Å². The fourth-order valence-corrected chi connectivity index (χ4v) is 4.49. The molecule has 154 valence electrons. The maximum atomic E-state index is 12.7. The number of nitrogens with one attached hydrogen (secondary N) is 1. The first kappa shape index (κ1) is 20.6. The van der Waals surface area contributed by atoms with E-state index in [1.54, 1.807) is 0 Å². The quantitative estimate of drug-likeness (QED) is 0.728. The number of nitrogens with zero attached hydrogens (tertiary/aromatic N) is 2. The van der Waals surface area contributed by atoms with Crippen LogP contribution >= 0.6 is 0 Å². The van der Waals surface area contributed by atoms with Crippen molar-refractivity contribution >= 4 is 11.8 Å². The summed E-state index contributed by atoms with van der Waals surface area (Å²) >= 11 is 0. The molecule has 7 nitrogen and oxygen atoms in total. The van der Waals surface area contributed by atoms with Crippen LogP contribution in [0.3, 0.4) is 0 Å². The molecule has 2 aliphatic heterocycles. The summed E-state index contributed by atoms with van der Waals surface area (Å²) in [6.45, 7) is 6.91. The maximum absolute atomic E-state index is 12.7. The Kier molecular flexibility index (Phi) is 7.49. The Balaban J connectivity index is 1.36. The van der Waals surface area contributed by atoms with Crippen LogP contribution in [0.4, 0.5) is 0 Å². The summed E-state index contributed by atoms with van der Waals surface area (Å²) in [6.07, 6.45) is 6.34. The number of rotatable bonds is 5. The molecule has 1 unspecified atom stereocenters.